The van der Waals surface area contributed by atoms with Crippen molar-refractivity contribution in [2.45, 2.75) is 6.42 Å². The lowest BCUT2D eigenvalue weighted by Crippen LogP contribution is -2.28. The van der Waals surface area contributed by atoms with E-state index in [1.165, 1.54) is 17.2 Å². The molecule has 1 rings (SSSR count). The number of amides is 1. The van der Waals surface area contributed by atoms with Crippen LogP contribution in [0.15, 0.2) is 31.6 Å². The van der Waals surface area contributed by atoms with Gasteiger partial charge in [0, 0.05) is 18.9 Å². The zero-order valence-corrected chi connectivity index (χ0v) is 7.85. The van der Waals surface area contributed by atoms with Crippen molar-refractivity contribution in [3.63, 3.8) is 0 Å². The number of imidazole rings is 1. The standard InChI is InChI=1S/C9H13N3O2/c1-2-14-7-3-4-11-9(13)12-6-5-10-8-12/h2,5-6,8H,1,3-4,7H2,(H,11,13). The highest BCUT2D eigenvalue weighted by Gasteiger charge is 2.00. The molecule has 5 nitrogen and oxygen atoms in total. The average molecular weight is 195 g/mol. The lowest BCUT2D eigenvalue weighted by atomic mass is 10.4. The monoisotopic (exact) mass is 195 g/mol. The summed E-state index contributed by atoms with van der Waals surface area (Å²) in [6, 6.07) is -0.180. The average Bonchev–Trinajstić information content (AvgIpc) is 2.70. The van der Waals surface area contributed by atoms with Gasteiger partial charge >= 0.3 is 6.03 Å². The van der Waals surface area contributed by atoms with Crippen molar-refractivity contribution in [2.24, 2.45) is 0 Å². The molecule has 0 aromatic carbocycles. The molecule has 1 amide bonds. The van der Waals surface area contributed by atoms with Crippen molar-refractivity contribution in [3.8, 4) is 0 Å². The molecule has 0 bridgehead atoms. The molecule has 76 valence electrons. The Hall–Kier alpha value is -1.78. The summed E-state index contributed by atoms with van der Waals surface area (Å²) in [5, 5.41) is 2.71. The van der Waals surface area contributed by atoms with E-state index in [0.717, 1.165) is 6.42 Å². The number of ether oxygens (including phenoxy) is 1. The highest BCUT2D eigenvalue weighted by Crippen LogP contribution is 1.86. The van der Waals surface area contributed by atoms with Gasteiger partial charge in [0.15, 0.2) is 0 Å². The Balaban J connectivity index is 2.13. The molecular weight excluding hydrogens is 182 g/mol. The van der Waals surface area contributed by atoms with Gasteiger partial charge < -0.3 is 10.1 Å². The third-order valence-electron chi connectivity index (χ3n) is 1.57. The fourth-order valence-electron chi connectivity index (χ4n) is 0.905. The molecule has 0 aliphatic heterocycles. The van der Waals surface area contributed by atoms with Gasteiger partial charge in [-0.1, -0.05) is 6.58 Å². The van der Waals surface area contributed by atoms with Crippen molar-refractivity contribution in [3.05, 3.63) is 31.6 Å². The van der Waals surface area contributed by atoms with Crippen molar-refractivity contribution in [1.29, 1.82) is 0 Å². The molecule has 0 radical (unpaired) electrons. The maximum atomic E-state index is 11.3. The van der Waals surface area contributed by atoms with Crippen LogP contribution in [0.25, 0.3) is 0 Å². The first-order valence-electron chi connectivity index (χ1n) is 4.33. The maximum Gasteiger partial charge on any atom is 0.326 e. The third kappa shape index (κ3) is 3.30. The summed E-state index contributed by atoms with van der Waals surface area (Å²) in [7, 11) is 0. The Labute approximate surface area is 82.4 Å². The molecule has 0 atom stereocenters. The van der Waals surface area contributed by atoms with Crippen LogP contribution in [-0.4, -0.2) is 28.7 Å². The molecule has 5 heteroatoms. The van der Waals surface area contributed by atoms with E-state index in [2.05, 4.69) is 16.9 Å². The highest BCUT2D eigenvalue weighted by molar-refractivity contribution is 5.76. The van der Waals surface area contributed by atoms with Gasteiger partial charge in [-0.3, -0.25) is 4.57 Å². The van der Waals surface area contributed by atoms with E-state index in [0.29, 0.717) is 13.2 Å². The minimum Gasteiger partial charge on any atom is -0.502 e. The van der Waals surface area contributed by atoms with Crippen LogP contribution in [0.1, 0.15) is 6.42 Å². The second-order valence-electron chi connectivity index (χ2n) is 2.59. The van der Waals surface area contributed by atoms with Crippen LogP contribution in [0, 0.1) is 0 Å². The van der Waals surface area contributed by atoms with Crippen LogP contribution in [0.2, 0.25) is 0 Å². The molecule has 0 aliphatic carbocycles. The van der Waals surface area contributed by atoms with E-state index in [4.69, 9.17) is 4.74 Å². The van der Waals surface area contributed by atoms with E-state index >= 15 is 0 Å². The molecule has 0 saturated heterocycles. The van der Waals surface area contributed by atoms with Gasteiger partial charge in [-0.05, 0) is 6.42 Å². The van der Waals surface area contributed by atoms with Crippen molar-refractivity contribution >= 4 is 6.03 Å². The van der Waals surface area contributed by atoms with Crippen molar-refractivity contribution in [2.75, 3.05) is 13.2 Å². The second kappa shape index (κ2) is 5.80. The lowest BCUT2D eigenvalue weighted by Gasteiger charge is -2.04. The number of hydrogen-bond acceptors (Lipinski definition) is 3. The van der Waals surface area contributed by atoms with Gasteiger partial charge in [0.1, 0.15) is 6.33 Å². The summed E-state index contributed by atoms with van der Waals surface area (Å²) in [6.45, 7) is 4.55. The first-order chi connectivity index (χ1) is 6.84. The van der Waals surface area contributed by atoms with Crippen LogP contribution in [0.4, 0.5) is 4.79 Å². The first kappa shape index (κ1) is 10.3. The Morgan fingerprint density at radius 1 is 1.71 bits per heavy atom. The molecule has 1 aromatic heterocycles. The van der Waals surface area contributed by atoms with Gasteiger partial charge in [-0.25, -0.2) is 9.78 Å². The molecule has 1 heterocycles. The SMILES string of the molecule is C=COCCCNC(=O)n1ccnc1. The zero-order valence-electron chi connectivity index (χ0n) is 7.85. The minimum absolute atomic E-state index is 0.180. The van der Waals surface area contributed by atoms with Gasteiger partial charge in [0.2, 0.25) is 0 Å². The van der Waals surface area contributed by atoms with Crippen LogP contribution in [0.3, 0.4) is 0 Å². The summed E-state index contributed by atoms with van der Waals surface area (Å²) in [5.41, 5.74) is 0. The smallest absolute Gasteiger partial charge is 0.326 e. The predicted octanol–water partition coefficient (Wildman–Crippen LogP) is 0.991. The molecule has 1 N–H and O–H groups in total. The summed E-state index contributed by atoms with van der Waals surface area (Å²) >= 11 is 0. The van der Waals surface area contributed by atoms with E-state index < -0.39 is 0 Å². The summed E-state index contributed by atoms with van der Waals surface area (Å²) in [4.78, 5) is 15.1. The van der Waals surface area contributed by atoms with Crippen molar-refractivity contribution in [1.82, 2.24) is 14.9 Å². The molecule has 0 spiro atoms. The zero-order chi connectivity index (χ0) is 10.2. The number of nitrogens with zero attached hydrogens (tertiary/aromatic N) is 2. The van der Waals surface area contributed by atoms with Crippen molar-refractivity contribution < 1.29 is 9.53 Å². The Morgan fingerprint density at radius 3 is 3.21 bits per heavy atom. The second-order valence-corrected chi connectivity index (χ2v) is 2.59. The molecule has 1 aromatic rings. The van der Waals surface area contributed by atoms with Crippen LogP contribution in [-0.2, 0) is 4.74 Å². The molecular formula is C9H13N3O2. The van der Waals surface area contributed by atoms with E-state index in [9.17, 15) is 4.79 Å². The number of hydrogen-bond donors (Lipinski definition) is 1. The molecule has 0 saturated carbocycles. The summed E-state index contributed by atoms with van der Waals surface area (Å²) in [6.07, 6.45) is 6.75. The normalized spacial score (nSPS) is 9.43. The quantitative estimate of drug-likeness (QED) is 0.563. The van der Waals surface area contributed by atoms with Gasteiger partial charge in [0.25, 0.3) is 0 Å². The van der Waals surface area contributed by atoms with E-state index in [-0.39, 0.29) is 6.03 Å². The molecule has 0 fully saturated rings. The van der Waals surface area contributed by atoms with Crippen LogP contribution >= 0.6 is 0 Å². The minimum atomic E-state index is -0.180. The maximum absolute atomic E-state index is 11.3. The molecule has 0 unspecified atom stereocenters. The van der Waals surface area contributed by atoms with Gasteiger partial charge in [-0.15, -0.1) is 0 Å². The number of carbonyl (C=O) groups excluding carboxylic acids is 1. The van der Waals surface area contributed by atoms with Crippen LogP contribution in [0.5, 0.6) is 0 Å². The lowest BCUT2D eigenvalue weighted by molar-refractivity contribution is 0.233. The number of carbonyl (C=O) groups is 1. The third-order valence-corrected chi connectivity index (χ3v) is 1.57. The van der Waals surface area contributed by atoms with Crippen LogP contribution < -0.4 is 5.32 Å². The fourth-order valence-corrected chi connectivity index (χ4v) is 0.905. The summed E-state index contributed by atoms with van der Waals surface area (Å²) in [5.74, 6) is 0. The van der Waals surface area contributed by atoms with Gasteiger partial charge in [0.05, 0.1) is 12.9 Å². The van der Waals surface area contributed by atoms with E-state index in [1.807, 2.05) is 0 Å². The Morgan fingerprint density at radius 2 is 2.57 bits per heavy atom. The topological polar surface area (TPSA) is 56.1 Å². The number of aromatic nitrogens is 2. The Kier molecular flexibility index (Phi) is 4.26. The molecule has 0 aliphatic rings. The van der Waals surface area contributed by atoms with E-state index in [1.54, 1.807) is 12.4 Å². The first-order valence-corrected chi connectivity index (χ1v) is 4.33. The number of nitrogens with one attached hydrogen (secondary N) is 1. The largest absolute Gasteiger partial charge is 0.502 e. The fraction of sp³-hybridized carbons (Fsp3) is 0.333. The van der Waals surface area contributed by atoms with Gasteiger partial charge in [-0.2, -0.15) is 0 Å². The Bertz CT molecular complexity index is 282. The number of rotatable bonds is 5. The predicted molar refractivity (Wildman–Crippen MR) is 51.8 cm³/mol. The summed E-state index contributed by atoms with van der Waals surface area (Å²) < 4.78 is 6.28. The molecule has 14 heavy (non-hydrogen) atoms. The highest BCUT2D eigenvalue weighted by atomic mass is 16.5.